The van der Waals surface area contributed by atoms with Crippen LogP contribution in [0.2, 0.25) is 0 Å². The van der Waals surface area contributed by atoms with Crippen LogP contribution in [0.5, 0.6) is 5.88 Å². The summed E-state index contributed by atoms with van der Waals surface area (Å²) in [4.78, 5) is 18.6. The highest BCUT2D eigenvalue weighted by Crippen LogP contribution is 2.10. The van der Waals surface area contributed by atoms with E-state index in [9.17, 15) is 4.79 Å². The van der Waals surface area contributed by atoms with E-state index in [0.29, 0.717) is 36.3 Å². The van der Waals surface area contributed by atoms with Crippen molar-refractivity contribution in [2.24, 2.45) is 5.92 Å². The normalized spacial score (nSPS) is 10.4. The van der Waals surface area contributed by atoms with E-state index in [1.807, 2.05) is 0 Å². The van der Waals surface area contributed by atoms with Crippen molar-refractivity contribution < 1.29 is 9.53 Å². The second-order valence-electron chi connectivity index (χ2n) is 3.82. The molecule has 4 heteroatoms. The first kappa shape index (κ1) is 11.6. The van der Waals surface area contributed by atoms with Crippen molar-refractivity contribution in [3.8, 4) is 5.88 Å². The fourth-order valence-electron chi connectivity index (χ4n) is 1.12. The molecule has 0 saturated heterocycles. The van der Waals surface area contributed by atoms with Crippen molar-refractivity contribution in [1.29, 1.82) is 0 Å². The summed E-state index contributed by atoms with van der Waals surface area (Å²) in [6.07, 6.45) is 1.13. The molecule has 1 heterocycles. The Morgan fingerprint density at radius 2 is 2.20 bits per heavy atom. The summed E-state index contributed by atoms with van der Waals surface area (Å²) in [6.45, 7) is 6.55. The molecule has 0 aliphatic carbocycles. The molecule has 0 radical (unpaired) electrons. The number of aldehydes is 1. The lowest BCUT2D eigenvalue weighted by atomic mass is 10.2. The Morgan fingerprint density at radius 1 is 1.47 bits per heavy atom. The molecule has 0 bridgehead atoms. The van der Waals surface area contributed by atoms with Gasteiger partial charge in [-0.05, 0) is 12.8 Å². The van der Waals surface area contributed by atoms with Crippen molar-refractivity contribution >= 4 is 6.29 Å². The summed E-state index contributed by atoms with van der Waals surface area (Å²) in [5.41, 5.74) is 0.705. The number of aromatic nitrogens is 2. The van der Waals surface area contributed by atoms with Crippen LogP contribution in [-0.4, -0.2) is 22.9 Å². The fraction of sp³-hybridized carbons (Fsp3) is 0.545. The Hall–Kier alpha value is -1.45. The molecule has 0 unspecified atom stereocenters. The standard InChI is InChI=1S/C11H16N2O2/c1-8(2)7-15-11-6-10(4-5-14)12-9(3)13-11/h5-6,8H,4,7H2,1-3H3. The second kappa shape index (κ2) is 5.44. The van der Waals surface area contributed by atoms with E-state index >= 15 is 0 Å². The highest BCUT2D eigenvalue weighted by Gasteiger charge is 2.03. The van der Waals surface area contributed by atoms with Crippen molar-refractivity contribution in [1.82, 2.24) is 9.97 Å². The molecule has 0 aliphatic rings. The zero-order valence-electron chi connectivity index (χ0n) is 9.36. The summed E-state index contributed by atoms with van der Waals surface area (Å²) in [5.74, 6) is 1.64. The van der Waals surface area contributed by atoms with E-state index in [-0.39, 0.29) is 0 Å². The zero-order valence-corrected chi connectivity index (χ0v) is 9.36. The fourth-order valence-corrected chi connectivity index (χ4v) is 1.12. The van der Waals surface area contributed by atoms with Crippen LogP contribution in [-0.2, 0) is 11.2 Å². The predicted octanol–water partition coefficient (Wildman–Crippen LogP) is 1.56. The van der Waals surface area contributed by atoms with Gasteiger partial charge in [-0.1, -0.05) is 13.8 Å². The van der Waals surface area contributed by atoms with Crippen LogP contribution >= 0.6 is 0 Å². The Labute approximate surface area is 89.7 Å². The van der Waals surface area contributed by atoms with Gasteiger partial charge in [0.1, 0.15) is 12.1 Å². The third kappa shape index (κ3) is 4.06. The molecule has 0 fully saturated rings. The molecular weight excluding hydrogens is 192 g/mol. The summed E-state index contributed by atoms with van der Waals surface area (Å²) in [7, 11) is 0. The van der Waals surface area contributed by atoms with E-state index < -0.39 is 0 Å². The van der Waals surface area contributed by atoms with Gasteiger partial charge in [-0.2, -0.15) is 4.98 Å². The molecular formula is C11H16N2O2. The topological polar surface area (TPSA) is 52.1 Å². The van der Waals surface area contributed by atoms with Crippen LogP contribution in [0.1, 0.15) is 25.4 Å². The number of nitrogens with zero attached hydrogens (tertiary/aromatic N) is 2. The maximum Gasteiger partial charge on any atom is 0.216 e. The average Bonchev–Trinajstić information content (AvgIpc) is 2.14. The number of ether oxygens (including phenoxy) is 1. The van der Waals surface area contributed by atoms with Crippen LogP contribution in [0.3, 0.4) is 0 Å². The summed E-state index contributed by atoms with van der Waals surface area (Å²) < 4.78 is 5.47. The van der Waals surface area contributed by atoms with E-state index in [1.54, 1.807) is 13.0 Å². The minimum Gasteiger partial charge on any atom is -0.477 e. The third-order valence-corrected chi connectivity index (χ3v) is 1.72. The van der Waals surface area contributed by atoms with Gasteiger partial charge in [0.2, 0.25) is 5.88 Å². The molecule has 0 amide bonds. The molecule has 4 nitrogen and oxygen atoms in total. The molecule has 1 aromatic rings. The first-order chi connectivity index (χ1) is 7.11. The molecule has 82 valence electrons. The van der Waals surface area contributed by atoms with Gasteiger partial charge in [0.25, 0.3) is 0 Å². The minimum atomic E-state index is 0.307. The SMILES string of the molecule is Cc1nc(CC=O)cc(OCC(C)C)n1. The lowest BCUT2D eigenvalue weighted by Gasteiger charge is -2.08. The maximum atomic E-state index is 10.4. The van der Waals surface area contributed by atoms with E-state index in [1.165, 1.54) is 0 Å². The van der Waals surface area contributed by atoms with Gasteiger partial charge in [0, 0.05) is 12.5 Å². The number of hydrogen-bond donors (Lipinski definition) is 0. The largest absolute Gasteiger partial charge is 0.477 e. The molecule has 0 N–H and O–H groups in total. The van der Waals surface area contributed by atoms with Gasteiger partial charge >= 0.3 is 0 Å². The number of hydrogen-bond acceptors (Lipinski definition) is 4. The molecule has 0 saturated carbocycles. The monoisotopic (exact) mass is 208 g/mol. The highest BCUT2D eigenvalue weighted by atomic mass is 16.5. The lowest BCUT2D eigenvalue weighted by Crippen LogP contribution is -2.07. The van der Waals surface area contributed by atoms with Crippen molar-refractivity contribution in [3.63, 3.8) is 0 Å². The molecule has 1 aromatic heterocycles. The first-order valence-electron chi connectivity index (χ1n) is 5.03. The van der Waals surface area contributed by atoms with Gasteiger partial charge in [0.05, 0.1) is 12.3 Å². The van der Waals surface area contributed by atoms with Gasteiger partial charge < -0.3 is 9.53 Å². The average molecular weight is 208 g/mol. The van der Waals surface area contributed by atoms with Crippen LogP contribution in [0.15, 0.2) is 6.07 Å². The Kier molecular flexibility index (Phi) is 4.21. The zero-order chi connectivity index (χ0) is 11.3. The smallest absolute Gasteiger partial charge is 0.216 e. The van der Waals surface area contributed by atoms with Crippen LogP contribution in [0.25, 0.3) is 0 Å². The summed E-state index contributed by atoms with van der Waals surface area (Å²) >= 11 is 0. The van der Waals surface area contributed by atoms with Crippen LogP contribution in [0.4, 0.5) is 0 Å². The van der Waals surface area contributed by atoms with Crippen LogP contribution in [0, 0.1) is 12.8 Å². The van der Waals surface area contributed by atoms with Gasteiger partial charge in [-0.3, -0.25) is 0 Å². The Morgan fingerprint density at radius 3 is 2.80 bits per heavy atom. The van der Waals surface area contributed by atoms with E-state index in [2.05, 4.69) is 23.8 Å². The molecule has 0 aromatic carbocycles. The van der Waals surface area contributed by atoms with Gasteiger partial charge in [-0.15, -0.1) is 0 Å². The van der Waals surface area contributed by atoms with Crippen molar-refractivity contribution in [3.05, 3.63) is 17.6 Å². The Bertz CT molecular complexity index is 337. The number of rotatable bonds is 5. The minimum absolute atomic E-state index is 0.307. The number of carbonyl (C=O) groups is 1. The number of carbonyl (C=O) groups excluding carboxylic acids is 1. The van der Waals surface area contributed by atoms with Crippen molar-refractivity contribution in [2.45, 2.75) is 27.2 Å². The number of aryl methyl sites for hydroxylation is 1. The predicted molar refractivity (Wildman–Crippen MR) is 56.9 cm³/mol. The quantitative estimate of drug-likeness (QED) is 0.689. The molecule has 0 aliphatic heterocycles. The summed E-state index contributed by atoms with van der Waals surface area (Å²) in [6, 6.07) is 1.71. The van der Waals surface area contributed by atoms with E-state index in [0.717, 1.165) is 6.29 Å². The van der Waals surface area contributed by atoms with E-state index in [4.69, 9.17) is 4.74 Å². The third-order valence-electron chi connectivity index (χ3n) is 1.72. The lowest BCUT2D eigenvalue weighted by molar-refractivity contribution is -0.107. The molecule has 0 atom stereocenters. The summed E-state index contributed by atoms with van der Waals surface area (Å²) in [5, 5.41) is 0. The van der Waals surface area contributed by atoms with Crippen LogP contribution < -0.4 is 4.74 Å². The maximum absolute atomic E-state index is 10.4. The highest BCUT2D eigenvalue weighted by molar-refractivity contribution is 5.53. The van der Waals surface area contributed by atoms with Crippen molar-refractivity contribution in [2.75, 3.05) is 6.61 Å². The molecule has 0 spiro atoms. The molecule has 15 heavy (non-hydrogen) atoms. The second-order valence-corrected chi connectivity index (χ2v) is 3.82. The first-order valence-corrected chi connectivity index (χ1v) is 5.03. The molecule has 1 rings (SSSR count). The Balaban J connectivity index is 2.74. The van der Waals surface area contributed by atoms with Gasteiger partial charge in [0.15, 0.2) is 0 Å². The van der Waals surface area contributed by atoms with Gasteiger partial charge in [-0.25, -0.2) is 4.98 Å².